The fraction of sp³-hybridized carbons (Fsp3) is 0.182. The molecule has 2 rings (SSSR count). The zero-order chi connectivity index (χ0) is 13.0. The average molecular weight is 246 g/mol. The van der Waals surface area contributed by atoms with Crippen molar-refractivity contribution in [1.29, 1.82) is 0 Å². The van der Waals surface area contributed by atoms with E-state index in [-0.39, 0.29) is 5.91 Å². The van der Waals surface area contributed by atoms with Gasteiger partial charge in [-0.05, 0) is 12.1 Å². The molecular formula is C11H14N6O. The van der Waals surface area contributed by atoms with Crippen LogP contribution in [0.3, 0.4) is 0 Å². The van der Waals surface area contributed by atoms with Crippen LogP contribution in [0.4, 0.5) is 5.82 Å². The van der Waals surface area contributed by atoms with Gasteiger partial charge in [0.15, 0.2) is 0 Å². The Bertz CT molecular complexity index is 550. The summed E-state index contributed by atoms with van der Waals surface area (Å²) in [4.78, 5) is 15.8. The van der Waals surface area contributed by atoms with Crippen molar-refractivity contribution in [3.8, 4) is 0 Å². The summed E-state index contributed by atoms with van der Waals surface area (Å²) < 4.78 is 1.68. The third-order valence-electron chi connectivity index (χ3n) is 2.38. The summed E-state index contributed by atoms with van der Waals surface area (Å²) in [6, 6.07) is 3.21. The molecule has 0 aliphatic rings. The van der Waals surface area contributed by atoms with E-state index in [1.807, 2.05) is 13.2 Å². The maximum absolute atomic E-state index is 11.9. The van der Waals surface area contributed by atoms with Gasteiger partial charge in [-0.15, -0.1) is 0 Å². The molecule has 0 saturated heterocycles. The number of aryl methyl sites for hydroxylation is 1. The Labute approximate surface area is 104 Å². The van der Waals surface area contributed by atoms with Crippen molar-refractivity contribution in [1.82, 2.24) is 20.1 Å². The van der Waals surface area contributed by atoms with Crippen molar-refractivity contribution in [3.63, 3.8) is 0 Å². The Hall–Kier alpha value is -2.41. The number of nitrogens with zero attached hydrogens (tertiary/aromatic N) is 3. The van der Waals surface area contributed by atoms with Gasteiger partial charge in [0, 0.05) is 37.1 Å². The van der Waals surface area contributed by atoms with Gasteiger partial charge >= 0.3 is 0 Å². The van der Waals surface area contributed by atoms with Crippen molar-refractivity contribution in [2.75, 3.05) is 5.43 Å². The first-order valence-corrected chi connectivity index (χ1v) is 5.37. The molecular weight excluding hydrogens is 232 g/mol. The predicted octanol–water partition coefficient (Wildman–Crippen LogP) is 0.0307. The second-order valence-electron chi connectivity index (χ2n) is 3.78. The molecule has 0 unspecified atom stereocenters. The van der Waals surface area contributed by atoms with Crippen molar-refractivity contribution in [2.45, 2.75) is 6.54 Å². The second-order valence-corrected chi connectivity index (χ2v) is 3.78. The number of nitrogen functional groups attached to an aromatic ring is 1. The zero-order valence-corrected chi connectivity index (χ0v) is 9.92. The number of rotatable bonds is 4. The van der Waals surface area contributed by atoms with Crippen LogP contribution in [0.2, 0.25) is 0 Å². The Balaban J connectivity index is 1.99. The molecule has 2 heterocycles. The molecule has 0 aliphatic carbocycles. The maximum Gasteiger partial charge on any atom is 0.251 e. The fourth-order valence-electron chi connectivity index (χ4n) is 1.50. The van der Waals surface area contributed by atoms with Crippen LogP contribution in [-0.2, 0) is 13.6 Å². The molecule has 0 atom stereocenters. The minimum absolute atomic E-state index is 0.183. The third-order valence-corrected chi connectivity index (χ3v) is 2.38. The molecule has 2 aromatic heterocycles. The van der Waals surface area contributed by atoms with Crippen LogP contribution in [-0.4, -0.2) is 20.7 Å². The second kappa shape index (κ2) is 5.28. The quantitative estimate of drug-likeness (QED) is 0.522. The molecule has 7 nitrogen and oxygen atoms in total. The minimum atomic E-state index is -0.183. The van der Waals surface area contributed by atoms with Gasteiger partial charge in [-0.2, -0.15) is 5.10 Å². The monoisotopic (exact) mass is 246 g/mol. The summed E-state index contributed by atoms with van der Waals surface area (Å²) in [7, 11) is 1.83. The number of carbonyl (C=O) groups is 1. The standard InChI is InChI=1S/C11H14N6O/c1-17-7-8(6-15-17)5-14-11(18)9-2-3-13-10(4-9)16-12/h2-4,6-7H,5,12H2,1H3,(H,13,16)(H,14,18). The molecule has 0 spiro atoms. The number of nitrogens with two attached hydrogens (primary N) is 1. The summed E-state index contributed by atoms with van der Waals surface area (Å²) in [5.41, 5.74) is 3.84. The lowest BCUT2D eigenvalue weighted by Gasteiger charge is -2.05. The van der Waals surface area contributed by atoms with E-state index in [1.54, 1.807) is 23.0 Å². The number of nitrogens with one attached hydrogen (secondary N) is 2. The molecule has 0 aromatic carbocycles. The van der Waals surface area contributed by atoms with E-state index >= 15 is 0 Å². The van der Waals surface area contributed by atoms with E-state index in [0.29, 0.717) is 17.9 Å². The van der Waals surface area contributed by atoms with E-state index in [2.05, 4.69) is 20.8 Å². The number of carbonyl (C=O) groups excluding carboxylic acids is 1. The number of amides is 1. The van der Waals surface area contributed by atoms with Gasteiger partial charge in [0.25, 0.3) is 5.91 Å². The van der Waals surface area contributed by atoms with Gasteiger partial charge < -0.3 is 10.7 Å². The van der Waals surface area contributed by atoms with Crippen LogP contribution in [0.25, 0.3) is 0 Å². The number of pyridine rings is 1. The molecule has 0 fully saturated rings. The van der Waals surface area contributed by atoms with E-state index < -0.39 is 0 Å². The molecule has 94 valence electrons. The summed E-state index contributed by atoms with van der Waals surface area (Å²) in [6.07, 6.45) is 5.08. The van der Waals surface area contributed by atoms with Crippen LogP contribution in [0.5, 0.6) is 0 Å². The summed E-state index contributed by atoms with van der Waals surface area (Å²) in [5, 5.41) is 6.81. The average Bonchev–Trinajstić information content (AvgIpc) is 2.82. The van der Waals surface area contributed by atoms with Gasteiger partial charge in [0.05, 0.1) is 6.20 Å². The molecule has 0 bridgehead atoms. The lowest BCUT2D eigenvalue weighted by molar-refractivity contribution is 0.0951. The number of hydrogen-bond donors (Lipinski definition) is 3. The van der Waals surface area contributed by atoms with Crippen molar-refractivity contribution in [3.05, 3.63) is 41.9 Å². The van der Waals surface area contributed by atoms with Gasteiger partial charge in [0.1, 0.15) is 5.82 Å². The van der Waals surface area contributed by atoms with Crippen LogP contribution >= 0.6 is 0 Å². The van der Waals surface area contributed by atoms with Gasteiger partial charge in [-0.1, -0.05) is 0 Å². The molecule has 1 amide bonds. The smallest absolute Gasteiger partial charge is 0.251 e. The minimum Gasteiger partial charge on any atom is -0.348 e. The Kier molecular flexibility index (Phi) is 3.54. The molecule has 0 saturated carbocycles. The van der Waals surface area contributed by atoms with E-state index in [9.17, 15) is 4.79 Å². The predicted molar refractivity (Wildman–Crippen MR) is 66.4 cm³/mol. The fourth-order valence-corrected chi connectivity index (χ4v) is 1.50. The Morgan fingerprint density at radius 1 is 1.56 bits per heavy atom. The third kappa shape index (κ3) is 2.83. The molecule has 0 aliphatic heterocycles. The largest absolute Gasteiger partial charge is 0.348 e. The first-order chi connectivity index (χ1) is 8.69. The van der Waals surface area contributed by atoms with Crippen LogP contribution in [0, 0.1) is 0 Å². The topological polar surface area (TPSA) is 97.9 Å². The van der Waals surface area contributed by atoms with E-state index in [0.717, 1.165) is 5.56 Å². The lowest BCUT2D eigenvalue weighted by Crippen LogP contribution is -2.23. The number of hydrazine groups is 1. The van der Waals surface area contributed by atoms with Gasteiger partial charge in [0.2, 0.25) is 0 Å². The van der Waals surface area contributed by atoms with Crippen molar-refractivity contribution in [2.24, 2.45) is 12.9 Å². The first kappa shape index (κ1) is 12.1. The van der Waals surface area contributed by atoms with Crippen molar-refractivity contribution >= 4 is 11.7 Å². The van der Waals surface area contributed by atoms with E-state index in [1.165, 1.54) is 6.20 Å². The highest BCUT2D eigenvalue weighted by atomic mass is 16.1. The molecule has 7 heteroatoms. The normalized spacial score (nSPS) is 10.1. The lowest BCUT2D eigenvalue weighted by atomic mass is 10.2. The Morgan fingerprint density at radius 3 is 3.06 bits per heavy atom. The summed E-state index contributed by atoms with van der Waals surface area (Å²) in [5.74, 6) is 5.50. The van der Waals surface area contributed by atoms with Crippen LogP contribution in [0.15, 0.2) is 30.7 Å². The molecule has 2 aromatic rings. The van der Waals surface area contributed by atoms with E-state index in [4.69, 9.17) is 5.84 Å². The first-order valence-electron chi connectivity index (χ1n) is 5.37. The number of hydrogen-bond acceptors (Lipinski definition) is 5. The zero-order valence-electron chi connectivity index (χ0n) is 9.92. The highest BCUT2D eigenvalue weighted by molar-refractivity contribution is 5.94. The molecule has 4 N–H and O–H groups in total. The maximum atomic E-state index is 11.9. The van der Waals surface area contributed by atoms with Crippen molar-refractivity contribution < 1.29 is 4.79 Å². The summed E-state index contributed by atoms with van der Waals surface area (Å²) >= 11 is 0. The molecule has 18 heavy (non-hydrogen) atoms. The SMILES string of the molecule is Cn1cc(CNC(=O)c2ccnc(NN)c2)cn1. The highest BCUT2D eigenvalue weighted by Gasteiger charge is 2.06. The van der Waals surface area contributed by atoms with Gasteiger partial charge in [-0.3, -0.25) is 9.48 Å². The number of anilines is 1. The Morgan fingerprint density at radius 2 is 2.39 bits per heavy atom. The highest BCUT2D eigenvalue weighted by Crippen LogP contribution is 2.05. The summed E-state index contributed by atoms with van der Waals surface area (Å²) in [6.45, 7) is 0.431. The molecule has 0 radical (unpaired) electrons. The van der Waals surface area contributed by atoms with Crippen LogP contribution < -0.4 is 16.6 Å². The number of aromatic nitrogens is 3. The van der Waals surface area contributed by atoms with Gasteiger partial charge in [-0.25, -0.2) is 10.8 Å². The van der Waals surface area contributed by atoms with Crippen LogP contribution in [0.1, 0.15) is 15.9 Å².